The molecule has 10 nitrogen and oxygen atoms in total. The summed E-state index contributed by atoms with van der Waals surface area (Å²) in [6.45, 7) is 3.22. The number of nitrogen functional groups attached to an aromatic ring is 1. The summed E-state index contributed by atoms with van der Waals surface area (Å²) >= 11 is 1.42. The number of hydrogen-bond acceptors (Lipinski definition) is 10. The van der Waals surface area contributed by atoms with Crippen LogP contribution in [0.25, 0.3) is 0 Å². The molecule has 5 rings (SSSR count). The maximum Gasteiger partial charge on any atom is 0.338 e. The summed E-state index contributed by atoms with van der Waals surface area (Å²) in [7, 11) is 1.85. The Bertz CT molecular complexity index is 1770. The van der Waals surface area contributed by atoms with Crippen molar-refractivity contribution in [2.75, 3.05) is 26.7 Å². The number of hydrogen-bond donors (Lipinski definition) is 3. The Hall–Kier alpha value is -5.17. The zero-order valence-electron chi connectivity index (χ0n) is 23.6. The van der Waals surface area contributed by atoms with E-state index in [-0.39, 0.29) is 35.3 Å². The Labute approximate surface area is 255 Å². The molecule has 13 heteroatoms. The summed E-state index contributed by atoms with van der Waals surface area (Å²) in [4.78, 5) is 23.8. The molecule has 0 saturated heterocycles. The zero-order chi connectivity index (χ0) is 31.4. The van der Waals surface area contributed by atoms with E-state index in [1.807, 2.05) is 11.9 Å². The summed E-state index contributed by atoms with van der Waals surface area (Å²) in [6, 6.07) is 15.9. The number of nitrogens with one attached hydrogen (secondary N) is 1. The second-order valence-electron chi connectivity index (χ2n) is 9.49. The lowest BCUT2D eigenvalue weighted by Crippen LogP contribution is -2.24. The van der Waals surface area contributed by atoms with Crippen molar-refractivity contribution in [3.8, 4) is 28.9 Å². The third-order valence-corrected chi connectivity index (χ3v) is 7.44. The minimum Gasteiger partial charge on any atom is -0.504 e. The molecule has 1 aliphatic heterocycles. The minimum atomic E-state index is -1.24. The van der Waals surface area contributed by atoms with Crippen LogP contribution in [0.3, 0.4) is 0 Å². The first kappa shape index (κ1) is 30.3. The van der Waals surface area contributed by atoms with Crippen LogP contribution in [0.5, 0.6) is 28.9 Å². The van der Waals surface area contributed by atoms with Gasteiger partial charge in [0.1, 0.15) is 17.4 Å². The number of halogens is 2. The number of phenolic OH excluding ortho intramolecular Hbond substituents is 1. The van der Waals surface area contributed by atoms with Gasteiger partial charge < -0.3 is 30.0 Å². The van der Waals surface area contributed by atoms with E-state index in [1.165, 1.54) is 30.0 Å². The first-order valence-electron chi connectivity index (χ1n) is 13.4. The molecule has 0 aliphatic carbocycles. The fourth-order valence-corrected chi connectivity index (χ4v) is 5.10. The Morgan fingerprint density at radius 3 is 2.45 bits per heavy atom. The van der Waals surface area contributed by atoms with Crippen LogP contribution in [-0.2, 0) is 4.74 Å². The van der Waals surface area contributed by atoms with Crippen molar-refractivity contribution in [1.82, 2.24) is 9.88 Å². The smallest absolute Gasteiger partial charge is 0.338 e. The average molecular weight is 620 g/mol. The van der Waals surface area contributed by atoms with Crippen LogP contribution >= 0.6 is 11.8 Å². The Morgan fingerprint density at radius 1 is 1.05 bits per heavy atom. The molecule has 4 aromatic rings. The van der Waals surface area contributed by atoms with Crippen molar-refractivity contribution < 1.29 is 32.9 Å². The molecular weight excluding hydrogens is 592 g/mol. The minimum absolute atomic E-state index is 0.135. The van der Waals surface area contributed by atoms with Gasteiger partial charge in [-0.05, 0) is 67.6 Å². The number of esters is 1. The normalized spacial score (nSPS) is 12.5. The Morgan fingerprint density at radius 2 is 1.77 bits per heavy atom. The number of nitrogens with zero attached hydrogens (tertiary/aromatic N) is 3. The zero-order valence-corrected chi connectivity index (χ0v) is 24.5. The van der Waals surface area contributed by atoms with E-state index >= 15 is 4.39 Å². The molecule has 1 aliphatic rings. The predicted octanol–water partition coefficient (Wildman–Crippen LogP) is 5.95. The maximum atomic E-state index is 15.6. The molecule has 0 saturated carbocycles. The van der Waals surface area contributed by atoms with E-state index in [2.05, 4.69) is 9.98 Å². The van der Waals surface area contributed by atoms with Gasteiger partial charge in [-0.15, -0.1) is 0 Å². The van der Waals surface area contributed by atoms with E-state index in [0.29, 0.717) is 30.1 Å². The fraction of sp³-hybridized carbons (Fsp3) is 0.161. The van der Waals surface area contributed by atoms with Crippen LogP contribution in [0.15, 0.2) is 81.6 Å². The van der Waals surface area contributed by atoms with Crippen molar-refractivity contribution in [3.05, 3.63) is 95.2 Å². The number of likely N-dealkylation sites (N-methyl/N-ethyl adjacent to an activating group) is 1. The molecule has 2 heterocycles. The first-order valence-corrected chi connectivity index (χ1v) is 14.2. The molecule has 0 atom stereocenters. The summed E-state index contributed by atoms with van der Waals surface area (Å²) in [6.07, 6.45) is 0.739. The molecule has 0 bridgehead atoms. The largest absolute Gasteiger partial charge is 0.504 e. The van der Waals surface area contributed by atoms with Gasteiger partial charge in [-0.3, -0.25) is 10.4 Å². The topological polar surface area (TPSA) is 143 Å². The van der Waals surface area contributed by atoms with Gasteiger partial charge in [-0.1, -0.05) is 11.8 Å². The van der Waals surface area contributed by atoms with Gasteiger partial charge in [0.05, 0.1) is 30.5 Å². The highest BCUT2D eigenvalue weighted by atomic mass is 32.2. The number of aromatic hydroxyl groups is 1. The van der Waals surface area contributed by atoms with Gasteiger partial charge in [0.15, 0.2) is 17.3 Å². The molecule has 226 valence electrons. The van der Waals surface area contributed by atoms with E-state index < -0.39 is 29.2 Å². The Kier molecular flexibility index (Phi) is 8.95. The first-order chi connectivity index (χ1) is 21.1. The molecule has 44 heavy (non-hydrogen) atoms. The molecule has 0 fully saturated rings. The van der Waals surface area contributed by atoms with Crippen molar-refractivity contribution in [2.45, 2.75) is 16.7 Å². The molecular formula is C31H27F2N5O5S. The summed E-state index contributed by atoms with van der Waals surface area (Å²) in [5.74, 6) is -4.34. The van der Waals surface area contributed by atoms with E-state index in [9.17, 15) is 14.3 Å². The summed E-state index contributed by atoms with van der Waals surface area (Å²) < 4.78 is 46.8. The van der Waals surface area contributed by atoms with Gasteiger partial charge >= 0.3 is 5.97 Å². The highest BCUT2D eigenvalue weighted by Crippen LogP contribution is 2.39. The number of rotatable bonds is 10. The summed E-state index contributed by atoms with van der Waals surface area (Å²) in [5, 5.41) is 17.8. The second kappa shape index (κ2) is 13.0. The SMILES string of the molecule is CCOC(=O)c1ccc(Sc2ccc(Oc3c(F)cnc(Oc4cc(C(=N)N)ccc4O)c3F)c(C3=NCCN3C)c2)cc1. The number of carbonyl (C=O) groups excluding carboxylic acids is 1. The molecule has 0 radical (unpaired) electrons. The van der Waals surface area contributed by atoms with Gasteiger partial charge in [-0.2, -0.15) is 4.39 Å². The highest BCUT2D eigenvalue weighted by Gasteiger charge is 2.25. The number of aliphatic imine (C=N–C) groups is 1. The second-order valence-corrected chi connectivity index (χ2v) is 10.6. The quantitative estimate of drug-likeness (QED) is 0.111. The van der Waals surface area contributed by atoms with Gasteiger partial charge in [0.2, 0.25) is 11.6 Å². The van der Waals surface area contributed by atoms with Crippen LogP contribution in [0.2, 0.25) is 0 Å². The van der Waals surface area contributed by atoms with Crippen molar-refractivity contribution in [2.24, 2.45) is 10.7 Å². The molecule has 1 aromatic heterocycles. The number of phenols is 1. The monoisotopic (exact) mass is 619 g/mol. The van der Waals surface area contributed by atoms with Crippen molar-refractivity contribution >= 4 is 29.4 Å². The number of benzene rings is 3. The van der Waals surface area contributed by atoms with Crippen LogP contribution in [0.4, 0.5) is 8.78 Å². The third-order valence-electron chi connectivity index (χ3n) is 6.44. The summed E-state index contributed by atoms with van der Waals surface area (Å²) in [5.41, 5.74) is 6.66. The van der Waals surface area contributed by atoms with Crippen molar-refractivity contribution in [1.29, 1.82) is 5.41 Å². The van der Waals surface area contributed by atoms with Gasteiger partial charge in [0.25, 0.3) is 5.88 Å². The van der Waals surface area contributed by atoms with Crippen LogP contribution in [0.1, 0.15) is 28.4 Å². The molecule has 0 unspecified atom stereocenters. The van der Waals surface area contributed by atoms with Crippen LogP contribution < -0.4 is 15.2 Å². The van der Waals surface area contributed by atoms with E-state index in [4.69, 9.17) is 25.4 Å². The lowest BCUT2D eigenvalue weighted by atomic mass is 10.1. The lowest BCUT2D eigenvalue weighted by Gasteiger charge is -2.19. The molecule has 0 amide bonds. The molecule has 3 aromatic carbocycles. The van der Waals surface area contributed by atoms with E-state index in [0.717, 1.165) is 16.0 Å². The van der Waals surface area contributed by atoms with Crippen molar-refractivity contribution in [3.63, 3.8) is 0 Å². The number of nitrogens with two attached hydrogens (primary N) is 1. The van der Waals surface area contributed by atoms with Gasteiger partial charge in [0, 0.05) is 28.9 Å². The number of ether oxygens (including phenoxy) is 3. The van der Waals surface area contributed by atoms with E-state index in [1.54, 1.807) is 49.4 Å². The lowest BCUT2D eigenvalue weighted by molar-refractivity contribution is 0.0526. The number of pyridine rings is 1. The Balaban J connectivity index is 1.45. The predicted molar refractivity (Wildman–Crippen MR) is 160 cm³/mol. The number of amidine groups is 2. The average Bonchev–Trinajstić information content (AvgIpc) is 3.44. The van der Waals surface area contributed by atoms with Crippen LogP contribution in [0, 0.1) is 17.0 Å². The fourth-order valence-electron chi connectivity index (χ4n) is 4.24. The number of carbonyl (C=O) groups is 1. The molecule has 4 N–H and O–H groups in total. The highest BCUT2D eigenvalue weighted by molar-refractivity contribution is 7.99. The third kappa shape index (κ3) is 6.57. The number of aromatic nitrogens is 1. The van der Waals surface area contributed by atoms with Gasteiger partial charge in [-0.25, -0.2) is 14.2 Å². The maximum absolute atomic E-state index is 15.6. The molecule has 0 spiro atoms. The standard InChI is InChI=1S/C31H27F2N5O5S/c1-3-41-31(40)17-4-7-19(8-5-17)44-20-9-11-24(21(15-20)29-36-12-13-38(29)2)42-27-22(32)16-37-30(26(27)33)43-25-14-18(28(34)35)6-10-23(25)39/h4-11,14-16,39H,3,12-13H2,1-2H3,(H3,34,35). The van der Waals surface area contributed by atoms with Crippen LogP contribution in [-0.4, -0.2) is 59.4 Å².